The average Bonchev–Trinajstić information content (AvgIpc) is 3.10. The molecule has 0 spiro atoms. The SMILES string of the molecule is COc1ccc(CN2CCN(C(=O)c3cc(C(C)C)[nH]n3)CCC2=O)cc1. The monoisotopic (exact) mass is 370 g/mol. The molecule has 1 aromatic heterocycles. The molecular weight excluding hydrogens is 344 g/mol. The lowest BCUT2D eigenvalue weighted by molar-refractivity contribution is -0.130. The van der Waals surface area contributed by atoms with Crippen molar-refractivity contribution in [3.63, 3.8) is 0 Å². The summed E-state index contributed by atoms with van der Waals surface area (Å²) < 4.78 is 5.17. The average molecular weight is 370 g/mol. The van der Waals surface area contributed by atoms with Gasteiger partial charge in [0.05, 0.1) is 7.11 Å². The van der Waals surface area contributed by atoms with Crippen LogP contribution in [0.1, 0.15) is 47.9 Å². The van der Waals surface area contributed by atoms with Gasteiger partial charge in [-0.25, -0.2) is 0 Å². The van der Waals surface area contributed by atoms with E-state index in [0.717, 1.165) is 17.0 Å². The molecule has 1 aliphatic heterocycles. The van der Waals surface area contributed by atoms with Gasteiger partial charge in [0, 0.05) is 38.3 Å². The molecule has 0 atom stereocenters. The molecule has 2 aromatic rings. The number of aromatic nitrogens is 2. The van der Waals surface area contributed by atoms with Crippen LogP contribution in [0.2, 0.25) is 0 Å². The third-order valence-electron chi connectivity index (χ3n) is 4.85. The van der Waals surface area contributed by atoms with E-state index in [0.29, 0.717) is 38.3 Å². The van der Waals surface area contributed by atoms with Crippen LogP contribution in [0.15, 0.2) is 30.3 Å². The first-order valence-corrected chi connectivity index (χ1v) is 9.23. The third kappa shape index (κ3) is 4.48. The summed E-state index contributed by atoms with van der Waals surface area (Å²) in [6, 6.07) is 9.48. The molecule has 2 amide bonds. The molecule has 1 aromatic carbocycles. The summed E-state index contributed by atoms with van der Waals surface area (Å²) in [4.78, 5) is 28.7. The van der Waals surface area contributed by atoms with Gasteiger partial charge < -0.3 is 14.5 Å². The number of carbonyl (C=O) groups excluding carboxylic acids is 2. The number of nitrogens with one attached hydrogen (secondary N) is 1. The molecule has 7 nitrogen and oxygen atoms in total. The Hall–Kier alpha value is -2.83. The Morgan fingerprint density at radius 1 is 1.22 bits per heavy atom. The standard InChI is InChI=1S/C20H26N4O3/c1-14(2)17-12-18(22-21-17)20(26)23-9-8-19(25)24(11-10-23)13-15-4-6-16(27-3)7-5-15/h4-7,12,14H,8-11,13H2,1-3H3,(H,21,22). The Bertz CT molecular complexity index is 798. The zero-order valence-corrected chi connectivity index (χ0v) is 16.1. The van der Waals surface area contributed by atoms with Crippen molar-refractivity contribution < 1.29 is 14.3 Å². The Balaban J connectivity index is 1.63. The normalized spacial score (nSPS) is 15.2. The molecule has 1 saturated heterocycles. The van der Waals surface area contributed by atoms with Gasteiger partial charge >= 0.3 is 0 Å². The van der Waals surface area contributed by atoms with Crippen molar-refractivity contribution in [1.29, 1.82) is 0 Å². The number of aromatic amines is 1. The van der Waals surface area contributed by atoms with Crippen molar-refractivity contribution in [2.24, 2.45) is 0 Å². The highest BCUT2D eigenvalue weighted by Gasteiger charge is 2.26. The zero-order chi connectivity index (χ0) is 19.4. The lowest BCUT2D eigenvalue weighted by Crippen LogP contribution is -2.35. The first-order chi connectivity index (χ1) is 13.0. The topological polar surface area (TPSA) is 78.5 Å². The van der Waals surface area contributed by atoms with Crippen LogP contribution in [-0.4, -0.2) is 58.6 Å². The van der Waals surface area contributed by atoms with E-state index in [1.54, 1.807) is 23.0 Å². The molecule has 1 N–H and O–H groups in total. The predicted octanol–water partition coefficient (Wildman–Crippen LogP) is 2.42. The van der Waals surface area contributed by atoms with Crippen LogP contribution in [0.25, 0.3) is 0 Å². The maximum Gasteiger partial charge on any atom is 0.274 e. The smallest absolute Gasteiger partial charge is 0.274 e. The summed E-state index contributed by atoms with van der Waals surface area (Å²) in [6.07, 6.45) is 0.323. The van der Waals surface area contributed by atoms with Crippen LogP contribution in [0.5, 0.6) is 5.75 Å². The number of rotatable bonds is 5. The highest BCUT2D eigenvalue weighted by molar-refractivity contribution is 5.93. The van der Waals surface area contributed by atoms with Crippen molar-refractivity contribution in [3.8, 4) is 5.75 Å². The van der Waals surface area contributed by atoms with Crippen molar-refractivity contribution >= 4 is 11.8 Å². The van der Waals surface area contributed by atoms with Crippen LogP contribution < -0.4 is 4.74 Å². The largest absolute Gasteiger partial charge is 0.497 e. The van der Waals surface area contributed by atoms with Crippen LogP contribution in [0.3, 0.4) is 0 Å². The molecule has 0 radical (unpaired) electrons. The Kier molecular flexibility index (Phi) is 5.78. The van der Waals surface area contributed by atoms with Crippen LogP contribution >= 0.6 is 0 Å². The van der Waals surface area contributed by atoms with Crippen LogP contribution in [0, 0.1) is 0 Å². The zero-order valence-electron chi connectivity index (χ0n) is 16.1. The van der Waals surface area contributed by atoms with E-state index >= 15 is 0 Å². The minimum Gasteiger partial charge on any atom is -0.497 e. The lowest BCUT2D eigenvalue weighted by Gasteiger charge is -2.22. The highest BCUT2D eigenvalue weighted by atomic mass is 16.5. The number of carbonyl (C=O) groups is 2. The van der Waals surface area contributed by atoms with Gasteiger partial charge in [-0.1, -0.05) is 26.0 Å². The van der Waals surface area contributed by atoms with Gasteiger partial charge in [-0.05, 0) is 29.7 Å². The molecular formula is C20H26N4O3. The van der Waals surface area contributed by atoms with E-state index in [4.69, 9.17) is 4.74 Å². The van der Waals surface area contributed by atoms with Crippen LogP contribution in [0.4, 0.5) is 0 Å². The van der Waals surface area contributed by atoms with E-state index in [1.807, 2.05) is 38.1 Å². The quantitative estimate of drug-likeness (QED) is 0.877. The molecule has 0 aliphatic carbocycles. The first-order valence-electron chi connectivity index (χ1n) is 9.23. The fourth-order valence-electron chi connectivity index (χ4n) is 3.09. The third-order valence-corrected chi connectivity index (χ3v) is 4.85. The Labute approximate surface area is 159 Å². The summed E-state index contributed by atoms with van der Waals surface area (Å²) in [5, 5.41) is 7.05. The summed E-state index contributed by atoms with van der Waals surface area (Å²) in [5.74, 6) is 1.01. The fourth-order valence-corrected chi connectivity index (χ4v) is 3.09. The van der Waals surface area contributed by atoms with Gasteiger partial charge in [-0.2, -0.15) is 5.10 Å². The lowest BCUT2D eigenvalue weighted by atomic mass is 10.1. The molecule has 3 rings (SSSR count). The van der Waals surface area contributed by atoms with Gasteiger partial charge in [0.25, 0.3) is 5.91 Å². The minimum absolute atomic E-state index is 0.0611. The number of nitrogens with zero attached hydrogens (tertiary/aromatic N) is 3. The molecule has 0 bridgehead atoms. The summed E-state index contributed by atoms with van der Waals surface area (Å²) in [5.41, 5.74) is 2.39. The molecule has 0 saturated carbocycles. The second-order valence-electron chi connectivity index (χ2n) is 7.07. The van der Waals surface area contributed by atoms with Gasteiger partial charge in [0.1, 0.15) is 11.4 Å². The van der Waals surface area contributed by atoms with E-state index in [1.165, 1.54) is 0 Å². The number of hydrogen-bond donors (Lipinski definition) is 1. The highest BCUT2D eigenvalue weighted by Crippen LogP contribution is 2.17. The number of hydrogen-bond acceptors (Lipinski definition) is 4. The van der Waals surface area contributed by atoms with Gasteiger partial charge in [0.2, 0.25) is 5.91 Å². The van der Waals surface area contributed by atoms with Crippen molar-refractivity contribution in [2.75, 3.05) is 26.7 Å². The second-order valence-corrected chi connectivity index (χ2v) is 7.07. The van der Waals surface area contributed by atoms with E-state index < -0.39 is 0 Å². The number of benzene rings is 1. The summed E-state index contributed by atoms with van der Waals surface area (Å²) in [6.45, 7) is 6.06. The first kappa shape index (κ1) is 18.9. The van der Waals surface area contributed by atoms with Crippen molar-refractivity contribution in [3.05, 3.63) is 47.3 Å². The molecule has 144 valence electrons. The number of H-pyrrole nitrogens is 1. The summed E-state index contributed by atoms with van der Waals surface area (Å²) in [7, 11) is 1.63. The van der Waals surface area contributed by atoms with Crippen molar-refractivity contribution in [2.45, 2.75) is 32.7 Å². The fraction of sp³-hybridized carbons (Fsp3) is 0.450. The number of methoxy groups -OCH3 is 1. The molecule has 1 fully saturated rings. The number of ether oxygens (including phenoxy) is 1. The van der Waals surface area contributed by atoms with E-state index in [9.17, 15) is 9.59 Å². The maximum absolute atomic E-state index is 12.7. The molecule has 1 aliphatic rings. The predicted molar refractivity (Wildman–Crippen MR) is 102 cm³/mol. The van der Waals surface area contributed by atoms with Gasteiger partial charge in [0.15, 0.2) is 0 Å². The van der Waals surface area contributed by atoms with Crippen molar-refractivity contribution in [1.82, 2.24) is 20.0 Å². The number of amides is 2. The molecule has 27 heavy (non-hydrogen) atoms. The summed E-state index contributed by atoms with van der Waals surface area (Å²) >= 11 is 0. The maximum atomic E-state index is 12.7. The Morgan fingerprint density at radius 2 is 1.96 bits per heavy atom. The molecule has 7 heteroatoms. The molecule has 2 heterocycles. The van der Waals surface area contributed by atoms with Gasteiger partial charge in [-0.3, -0.25) is 14.7 Å². The Morgan fingerprint density at radius 3 is 2.59 bits per heavy atom. The van der Waals surface area contributed by atoms with Gasteiger partial charge in [-0.15, -0.1) is 0 Å². The van der Waals surface area contributed by atoms with E-state index in [2.05, 4.69) is 10.2 Å². The molecule has 0 unspecified atom stereocenters. The minimum atomic E-state index is -0.128. The van der Waals surface area contributed by atoms with E-state index in [-0.39, 0.29) is 17.7 Å². The van der Waals surface area contributed by atoms with Crippen LogP contribution in [-0.2, 0) is 11.3 Å². The second kappa shape index (κ2) is 8.24.